The van der Waals surface area contributed by atoms with E-state index in [2.05, 4.69) is 0 Å². The molecule has 0 aromatic carbocycles. The fraction of sp³-hybridized carbons (Fsp3) is 0.857. The molecule has 0 aromatic rings. The van der Waals surface area contributed by atoms with Gasteiger partial charge in [0.05, 0.1) is 0 Å². The maximum atomic E-state index is 12.3. The zero-order chi connectivity index (χ0) is 9.23. The maximum Gasteiger partial charge on any atom is 0.252 e. The lowest BCUT2D eigenvalue weighted by Gasteiger charge is -2.28. The molecule has 1 amide bonds. The van der Waals surface area contributed by atoms with Crippen molar-refractivity contribution < 1.29 is 13.6 Å². The molecule has 0 rings (SSSR count). The van der Waals surface area contributed by atoms with Gasteiger partial charge in [0, 0.05) is 0 Å². The number of hydrogen-bond donors (Lipinski definition) is 1. The van der Waals surface area contributed by atoms with Crippen LogP contribution >= 0.6 is 0 Å². The lowest BCUT2D eigenvalue weighted by atomic mass is 9.79. The summed E-state index contributed by atoms with van der Waals surface area (Å²) in [6.45, 7) is 4.29. The molecule has 2 N–H and O–H groups in total. The summed E-state index contributed by atoms with van der Waals surface area (Å²) in [5.41, 5.74) is 3.16. The Kier molecular flexibility index (Phi) is 2.96. The topological polar surface area (TPSA) is 43.1 Å². The van der Waals surface area contributed by atoms with Crippen molar-refractivity contribution in [2.75, 3.05) is 0 Å². The number of rotatable bonds is 3. The fourth-order valence-corrected chi connectivity index (χ4v) is 0.644. The van der Waals surface area contributed by atoms with Crippen molar-refractivity contribution in [1.82, 2.24) is 0 Å². The molecule has 66 valence electrons. The molecule has 0 spiro atoms. The molecule has 0 saturated carbocycles. The minimum absolute atomic E-state index is 0.444. The van der Waals surface area contributed by atoms with Crippen LogP contribution in [0.4, 0.5) is 8.78 Å². The predicted molar refractivity (Wildman–Crippen MR) is 38.1 cm³/mol. The SMILES string of the molecule is CC(C)[C@](C)(C(N)=O)C(F)F. The van der Waals surface area contributed by atoms with Gasteiger partial charge >= 0.3 is 0 Å². The Morgan fingerprint density at radius 2 is 1.82 bits per heavy atom. The molecule has 0 radical (unpaired) electrons. The molecular formula is C7H13F2NO. The van der Waals surface area contributed by atoms with Crippen molar-refractivity contribution in [2.45, 2.75) is 27.2 Å². The summed E-state index contributed by atoms with van der Waals surface area (Å²) in [5.74, 6) is -1.39. The van der Waals surface area contributed by atoms with Crippen molar-refractivity contribution in [3.63, 3.8) is 0 Å². The van der Waals surface area contributed by atoms with Crippen LogP contribution in [0.3, 0.4) is 0 Å². The normalized spacial score (nSPS) is 17.0. The smallest absolute Gasteiger partial charge is 0.252 e. The minimum Gasteiger partial charge on any atom is -0.369 e. The number of nitrogens with two attached hydrogens (primary N) is 1. The summed E-state index contributed by atoms with van der Waals surface area (Å²) < 4.78 is 24.6. The number of amides is 1. The van der Waals surface area contributed by atoms with E-state index in [9.17, 15) is 13.6 Å². The van der Waals surface area contributed by atoms with Crippen LogP contribution in [-0.2, 0) is 4.79 Å². The van der Waals surface area contributed by atoms with Crippen LogP contribution in [-0.4, -0.2) is 12.3 Å². The third-order valence-electron chi connectivity index (χ3n) is 2.18. The summed E-state index contributed by atoms with van der Waals surface area (Å²) in [5, 5.41) is 0. The first-order valence-electron chi connectivity index (χ1n) is 3.41. The quantitative estimate of drug-likeness (QED) is 0.674. The Balaban J connectivity index is 4.67. The van der Waals surface area contributed by atoms with Crippen LogP contribution < -0.4 is 5.73 Å². The van der Waals surface area contributed by atoms with Crippen LogP contribution in [0.2, 0.25) is 0 Å². The van der Waals surface area contributed by atoms with Crippen LogP contribution in [0, 0.1) is 11.3 Å². The average Bonchev–Trinajstić information content (AvgIpc) is 1.84. The second-order valence-corrected chi connectivity index (χ2v) is 3.10. The van der Waals surface area contributed by atoms with Gasteiger partial charge in [0.1, 0.15) is 5.41 Å². The Labute approximate surface area is 64.8 Å². The summed E-state index contributed by atoms with van der Waals surface area (Å²) in [6, 6.07) is 0. The Morgan fingerprint density at radius 1 is 1.45 bits per heavy atom. The van der Waals surface area contributed by atoms with E-state index < -0.39 is 23.7 Å². The Bertz CT molecular complexity index is 149. The highest BCUT2D eigenvalue weighted by Gasteiger charge is 2.43. The molecule has 1 atom stereocenters. The van der Waals surface area contributed by atoms with Gasteiger partial charge in [-0.1, -0.05) is 13.8 Å². The van der Waals surface area contributed by atoms with Gasteiger partial charge < -0.3 is 5.73 Å². The Hall–Kier alpha value is -0.670. The van der Waals surface area contributed by atoms with E-state index in [1.165, 1.54) is 6.92 Å². The lowest BCUT2D eigenvalue weighted by Crippen LogP contribution is -2.44. The van der Waals surface area contributed by atoms with E-state index in [1.807, 2.05) is 0 Å². The highest BCUT2D eigenvalue weighted by Crippen LogP contribution is 2.33. The van der Waals surface area contributed by atoms with Gasteiger partial charge in [0.15, 0.2) is 0 Å². The molecule has 11 heavy (non-hydrogen) atoms. The van der Waals surface area contributed by atoms with Crippen molar-refractivity contribution in [3.8, 4) is 0 Å². The van der Waals surface area contributed by atoms with E-state index in [1.54, 1.807) is 13.8 Å². The van der Waals surface area contributed by atoms with Gasteiger partial charge in [-0.2, -0.15) is 0 Å². The van der Waals surface area contributed by atoms with E-state index >= 15 is 0 Å². The molecule has 2 nitrogen and oxygen atoms in total. The molecule has 0 fully saturated rings. The molecule has 0 bridgehead atoms. The van der Waals surface area contributed by atoms with Crippen molar-refractivity contribution in [3.05, 3.63) is 0 Å². The third kappa shape index (κ3) is 1.67. The second kappa shape index (κ2) is 3.15. The van der Waals surface area contributed by atoms with Gasteiger partial charge in [-0.05, 0) is 12.8 Å². The summed E-state index contributed by atoms with van der Waals surface area (Å²) in [7, 11) is 0. The molecule has 0 aromatic heterocycles. The highest BCUT2D eigenvalue weighted by molar-refractivity contribution is 5.81. The average molecular weight is 165 g/mol. The van der Waals surface area contributed by atoms with Gasteiger partial charge in [-0.25, -0.2) is 8.78 Å². The summed E-state index contributed by atoms with van der Waals surface area (Å²) in [6.07, 6.45) is -2.69. The Morgan fingerprint density at radius 3 is 1.82 bits per heavy atom. The predicted octanol–water partition coefficient (Wildman–Crippen LogP) is 1.40. The van der Waals surface area contributed by atoms with E-state index in [0.717, 1.165) is 0 Å². The number of hydrogen-bond acceptors (Lipinski definition) is 1. The number of alkyl halides is 2. The van der Waals surface area contributed by atoms with Crippen LogP contribution in [0.1, 0.15) is 20.8 Å². The van der Waals surface area contributed by atoms with Crippen LogP contribution in [0.5, 0.6) is 0 Å². The highest BCUT2D eigenvalue weighted by atomic mass is 19.3. The van der Waals surface area contributed by atoms with Crippen molar-refractivity contribution >= 4 is 5.91 Å². The molecule has 0 aliphatic heterocycles. The number of halogens is 2. The van der Waals surface area contributed by atoms with Gasteiger partial charge in [-0.3, -0.25) is 4.79 Å². The largest absolute Gasteiger partial charge is 0.369 e. The fourth-order valence-electron chi connectivity index (χ4n) is 0.644. The minimum atomic E-state index is -2.69. The van der Waals surface area contributed by atoms with Gasteiger partial charge in [-0.15, -0.1) is 0 Å². The molecule has 0 heterocycles. The molecule has 4 heteroatoms. The first-order valence-corrected chi connectivity index (χ1v) is 3.41. The van der Waals surface area contributed by atoms with Crippen molar-refractivity contribution in [1.29, 1.82) is 0 Å². The first kappa shape index (κ1) is 10.3. The van der Waals surface area contributed by atoms with E-state index in [4.69, 9.17) is 5.73 Å². The summed E-state index contributed by atoms with van der Waals surface area (Å²) in [4.78, 5) is 10.6. The lowest BCUT2D eigenvalue weighted by molar-refractivity contribution is -0.140. The van der Waals surface area contributed by atoms with Crippen LogP contribution in [0.15, 0.2) is 0 Å². The molecule has 0 aliphatic carbocycles. The van der Waals surface area contributed by atoms with Gasteiger partial charge in [0.2, 0.25) is 5.91 Å². The monoisotopic (exact) mass is 165 g/mol. The molecular weight excluding hydrogens is 152 g/mol. The summed E-state index contributed by atoms with van der Waals surface area (Å²) >= 11 is 0. The number of carbonyl (C=O) groups is 1. The molecule has 0 unspecified atom stereocenters. The maximum absolute atomic E-state index is 12.3. The third-order valence-corrected chi connectivity index (χ3v) is 2.18. The van der Waals surface area contributed by atoms with E-state index in [-0.39, 0.29) is 0 Å². The van der Waals surface area contributed by atoms with Crippen LogP contribution in [0.25, 0.3) is 0 Å². The van der Waals surface area contributed by atoms with Crippen molar-refractivity contribution in [2.24, 2.45) is 17.1 Å². The standard InChI is InChI=1S/C7H13F2NO/c1-4(2)7(3,5(8)9)6(10)11/h4-5H,1-3H3,(H2,10,11)/t7-/m0/s1. The zero-order valence-corrected chi connectivity index (χ0v) is 6.90. The zero-order valence-electron chi connectivity index (χ0n) is 6.90. The number of carbonyl (C=O) groups excluding carboxylic acids is 1. The van der Waals surface area contributed by atoms with Gasteiger partial charge in [0.25, 0.3) is 6.43 Å². The first-order chi connectivity index (χ1) is 4.83. The second-order valence-electron chi connectivity index (χ2n) is 3.10. The molecule has 0 saturated heterocycles. The molecule has 0 aliphatic rings. The van der Waals surface area contributed by atoms with E-state index in [0.29, 0.717) is 0 Å². The number of primary amides is 1.